The highest BCUT2D eigenvalue weighted by Gasteiger charge is 2.43. The van der Waals surface area contributed by atoms with E-state index in [9.17, 15) is 11.8 Å². The first-order chi connectivity index (χ1) is 40.8. The molecule has 0 saturated carbocycles. The number of fused-ring (bicyclic) bond motifs is 3. The molecule has 2 aromatic heterocycles. The molecule has 10 aromatic rings. The Morgan fingerprint density at radius 1 is 0.488 bits per heavy atom. The standard InChI is InChI=1S/C74H66B2N6O2/c1-49(2)47-83-57-42-38-51(39-43-57)67-64-65(70(66(78-9)72-74(7,8)61-35-23-25-37-63(61)80-72)82(67)76(55-30-18-12-19-31-55)56-32-20-13-21-33-56)68(52-40-44-58(45-41-52)84-48-50(3)4)81(75(53-26-14-10-15-27-53)54-28-16-11-17-29-54)69(64)59(46-77)71-73(5,6)60-34-22-24-36-62(60)79-71/h10-45,49-50H,47-48H2,1-8H3/b69-59-,70-66+. The maximum Gasteiger partial charge on any atom is 0.328 e. The van der Waals surface area contributed by atoms with Crippen molar-refractivity contribution in [2.45, 2.75) is 66.2 Å². The lowest BCUT2D eigenvalue weighted by Crippen LogP contribution is -2.54. The maximum absolute atomic E-state index is 12.6. The Bertz CT molecular complexity index is 4010. The van der Waals surface area contributed by atoms with Gasteiger partial charge in [0.25, 0.3) is 0 Å². The van der Waals surface area contributed by atoms with Crippen LogP contribution in [0.2, 0.25) is 0 Å². The molecule has 0 bridgehead atoms. The van der Waals surface area contributed by atoms with Gasteiger partial charge in [-0.1, -0.05) is 235 Å². The van der Waals surface area contributed by atoms with Crippen molar-refractivity contribution >= 4 is 80.4 Å². The van der Waals surface area contributed by atoms with Gasteiger partial charge in [0.05, 0.1) is 53.5 Å². The van der Waals surface area contributed by atoms with Gasteiger partial charge in [-0.05, 0) is 94.8 Å². The third kappa shape index (κ3) is 9.76. The molecule has 8 aromatic carbocycles. The van der Waals surface area contributed by atoms with Crippen LogP contribution in [0.3, 0.4) is 0 Å². The van der Waals surface area contributed by atoms with Gasteiger partial charge in [-0.15, -0.1) is 0 Å². The fourth-order valence-electron chi connectivity index (χ4n) is 12.6. The predicted molar refractivity (Wildman–Crippen MR) is 349 cm³/mol. The number of hydrogen-bond donors (Lipinski definition) is 0. The first kappa shape index (κ1) is 54.9. The molecule has 12 rings (SSSR count). The van der Waals surface area contributed by atoms with Gasteiger partial charge in [-0.3, -0.25) is 9.98 Å². The summed E-state index contributed by atoms with van der Waals surface area (Å²) in [6.45, 7) is 27.2. The number of aliphatic imine (C=N–C) groups is 2. The Balaban J connectivity index is 1.42. The van der Waals surface area contributed by atoms with E-state index < -0.39 is 24.5 Å². The molecule has 2 aliphatic heterocycles. The third-order valence-electron chi connectivity index (χ3n) is 16.5. The van der Waals surface area contributed by atoms with Crippen LogP contribution >= 0.6 is 0 Å². The normalized spacial score (nSPS) is 14.5. The van der Waals surface area contributed by atoms with Crippen LogP contribution in [0, 0.1) is 29.7 Å². The van der Waals surface area contributed by atoms with Crippen molar-refractivity contribution in [2.24, 2.45) is 21.8 Å². The molecule has 0 saturated heterocycles. The van der Waals surface area contributed by atoms with E-state index in [2.05, 4.69) is 271 Å². The molecule has 0 amide bonds. The van der Waals surface area contributed by atoms with Crippen molar-refractivity contribution in [1.29, 1.82) is 5.26 Å². The number of rotatable bonds is 16. The molecule has 0 spiro atoms. The number of nitrogens with zero attached hydrogens (tertiary/aromatic N) is 6. The smallest absolute Gasteiger partial charge is 0.328 e. The highest BCUT2D eigenvalue weighted by atomic mass is 16.5. The van der Waals surface area contributed by atoms with E-state index in [1.54, 1.807) is 0 Å². The molecule has 0 atom stereocenters. The highest BCUT2D eigenvalue weighted by Crippen LogP contribution is 2.45. The largest absolute Gasteiger partial charge is 0.493 e. The van der Waals surface area contributed by atoms with Crippen LogP contribution < -0.4 is 42.0 Å². The summed E-state index contributed by atoms with van der Waals surface area (Å²) in [4.78, 5) is 15.9. The summed E-state index contributed by atoms with van der Waals surface area (Å²) in [6, 6.07) is 78.6. The Morgan fingerprint density at radius 2 is 0.833 bits per heavy atom. The Kier molecular flexibility index (Phi) is 14.8. The number of hydrogen-bond acceptors (Lipinski definition) is 5. The molecule has 2 aliphatic rings. The van der Waals surface area contributed by atoms with Gasteiger partial charge in [0, 0.05) is 38.3 Å². The van der Waals surface area contributed by atoms with Crippen molar-refractivity contribution < 1.29 is 9.47 Å². The Morgan fingerprint density at radius 3 is 1.20 bits per heavy atom. The number of aromatic nitrogens is 2. The molecular weight excluding hydrogens is 1030 g/mol. The van der Waals surface area contributed by atoms with E-state index in [0.29, 0.717) is 58.4 Å². The van der Waals surface area contributed by atoms with Gasteiger partial charge in [0.15, 0.2) is 0 Å². The monoisotopic (exact) mass is 1090 g/mol. The van der Waals surface area contributed by atoms with E-state index in [4.69, 9.17) is 24.3 Å². The minimum Gasteiger partial charge on any atom is -0.493 e. The predicted octanol–water partition coefficient (Wildman–Crippen LogP) is 13.0. The summed E-state index contributed by atoms with van der Waals surface area (Å²) in [5.41, 5.74) is 11.9. The fraction of sp³-hybridized carbons (Fsp3) is 0.189. The van der Waals surface area contributed by atoms with Gasteiger partial charge in [0.1, 0.15) is 17.6 Å². The van der Waals surface area contributed by atoms with Crippen LogP contribution in [0.1, 0.15) is 66.5 Å². The molecule has 8 nitrogen and oxygen atoms in total. The second kappa shape index (κ2) is 22.6. The fourth-order valence-corrected chi connectivity index (χ4v) is 12.6. The lowest BCUT2D eigenvalue weighted by Gasteiger charge is -2.26. The number of ether oxygens (including phenoxy) is 2. The zero-order valence-electron chi connectivity index (χ0n) is 49.0. The van der Waals surface area contributed by atoms with E-state index >= 15 is 0 Å². The van der Waals surface area contributed by atoms with Gasteiger partial charge >= 0.3 is 13.7 Å². The Hall–Kier alpha value is -9.63. The molecule has 10 heteroatoms. The summed E-state index contributed by atoms with van der Waals surface area (Å²) >= 11 is 0. The van der Waals surface area contributed by atoms with Gasteiger partial charge in [-0.2, -0.15) is 5.26 Å². The summed E-state index contributed by atoms with van der Waals surface area (Å²) in [6.07, 6.45) is 0. The molecule has 0 aliphatic carbocycles. The van der Waals surface area contributed by atoms with E-state index in [1.165, 1.54) is 0 Å². The van der Waals surface area contributed by atoms with Crippen molar-refractivity contribution in [1.82, 2.24) is 8.96 Å². The van der Waals surface area contributed by atoms with E-state index in [0.717, 1.165) is 89.1 Å². The van der Waals surface area contributed by atoms with E-state index in [1.807, 2.05) is 18.2 Å². The van der Waals surface area contributed by atoms with Crippen LogP contribution in [0.4, 0.5) is 11.4 Å². The molecule has 0 unspecified atom stereocenters. The van der Waals surface area contributed by atoms with Gasteiger partial charge in [0.2, 0.25) is 5.70 Å². The number of benzene rings is 8. The summed E-state index contributed by atoms with van der Waals surface area (Å²) in [5, 5.41) is 15.6. The molecule has 4 heterocycles. The van der Waals surface area contributed by atoms with Gasteiger partial charge < -0.3 is 18.4 Å². The van der Waals surface area contributed by atoms with E-state index in [-0.39, 0.29) is 0 Å². The second-order valence-electron chi connectivity index (χ2n) is 23.9. The van der Waals surface area contributed by atoms with Crippen molar-refractivity contribution in [3.63, 3.8) is 0 Å². The molecule has 0 radical (unpaired) electrons. The zero-order chi connectivity index (χ0) is 58.3. The first-order valence-electron chi connectivity index (χ1n) is 29.2. The summed E-state index contributed by atoms with van der Waals surface area (Å²) in [5.74, 6) is 2.11. The van der Waals surface area contributed by atoms with Crippen molar-refractivity contribution in [3.05, 3.63) is 252 Å². The number of para-hydroxylation sites is 2. The third-order valence-corrected chi connectivity index (χ3v) is 16.5. The van der Waals surface area contributed by atoms with Crippen LogP contribution in [0.15, 0.2) is 228 Å². The molecule has 0 N–H and O–H groups in total. The minimum absolute atomic E-state index is 0.311. The molecular formula is C74H66B2N6O2. The van der Waals surface area contributed by atoms with Crippen LogP contribution in [-0.2, 0) is 10.8 Å². The highest BCUT2D eigenvalue weighted by molar-refractivity contribution is 6.85. The molecule has 0 fully saturated rings. The molecule has 84 heavy (non-hydrogen) atoms. The van der Waals surface area contributed by atoms with Crippen LogP contribution in [-0.4, -0.2) is 47.3 Å². The lowest BCUT2D eigenvalue weighted by atomic mass is 9.50. The summed E-state index contributed by atoms with van der Waals surface area (Å²) < 4.78 is 17.7. The Labute approximate surface area is 494 Å². The SMILES string of the molecule is [C-]#[N+]/C(C1=Nc2ccccc2C1(C)C)=c1\c2c(-c3ccc(OCC(C)C)cc3)n(B(c3ccccc3)c3ccccc3)/c(=C(/C#N)C3=Nc4ccccc4C3(C)C)c2c(-c2ccc(OCC(C)C)cc2)n1B(c1ccccc1)c1ccccc1. The minimum atomic E-state index is -0.715. The van der Waals surface area contributed by atoms with Crippen molar-refractivity contribution in [3.8, 4) is 40.1 Å². The zero-order valence-corrected chi connectivity index (χ0v) is 49.0. The average molecular weight is 1090 g/mol. The second-order valence-corrected chi connectivity index (χ2v) is 23.9. The maximum atomic E-state index is 12.6. The van der Waals surface area contributed by atoms with Gasteiger partial charge in [-0.25, -0.2) is 4.85 Å². The van der Waals surface area contributed by atoms with Crippen LogP contribution in [0.5, 0.6) is 11.5 Å². The first-order valence-corrected chi connectivity index (χ1v) is 29.2. The quantitative estimate of drug-likeness (QED) is 0.0714. The topological polar surface area (TPSA) is 81.2 Å². The van der Waals surface area contributed by atoms with Crippen LogP contribution in [0.25, 0.3) is 49.4 Å². The lowest BCUT2D eigenvalue weighted by molar-refractivity contribution is 0.271. The average Bonchev–Trinajstić information content (AvgIpc) is 1.55. The molecule has 410 valence electrons. The van der Waals surface area contributed by atoms with Crippen molar-refractivity contribution in [2.75, 3.05) is 13.2 Å². The summed E-state index contributed by atoms with van der Waals surface area (Å²) in [7, 11) is 0. The number of nitriles is 1.